The number of likely N-dealkylation sites (tertiary alicyclic amines) is 1. The Morgan fingerprint density at radius 2 is 2.08 bits per heavy atom. The predicted octanol–water partition coefficient (Wildman–Crippen LogP) is 1.88. The normalized spacial score (nSPS) is 24.2. The van der Waals surface area contributed by atoms with Gasteiger partial charge in [-0.1, -0.05) is 15.9 Å². The first kappa shape index (κ1) is 10.5. The van der Waals surface area contributed by atoms with Crippen LogP contribution in [-0.2, 0) is 4.74 Å². The van der Waals surface area contributed by atoms with Crippen LogP contribution in [0.15, 0.2) is 0 Å². The fourth-order valence-electron chi connectivity index (χ4n) is 1.52. The maximum Gasteiger partial charge on any atom is 0.0670 e. The van der Waals surface area contributed by atoms with Crippen LogP contribution in [-0.4, -0.2) is 42.6 Å². The lowest BCUT2D eigenvalue weighted by Crippen LogP contribution is -2.38. The monoisotopic (exact) mass is 235 g/mol. The average Bonchev–Trinajstić information content (AvgIpc) is 2.09. The van der Waals surface area contributed by atoms with Gasteiger partial charge in [-0.2, -0.15) is 0 Å². The maximum absolute atomic E-state index is 5.23. The van der Waals surface area contributed by atoms with Gasteiger partial charge in [0, 0.05) is 18.5 Å². The summed E-state index contributed by atoms with van der Waals surface area (Å²) < 4.78 is 5.23. The van der Waals surface area contributed by atoms with Gasteiger partial charge in [0.05, 0.1) is 6.10 Å². The molecule has 0 spiro atoms. The second-order valence-corrected chi connectivity index (χ2v) is 4.82. The summed E-state index contributed by atoms with van der Waals surface area (Å²) in [6.45, 7) is 5.63. The molecule has 1 heterocycles. The molecule has 0 radical (unpaired) electrons. The zero-order valence-corrected chi connectivity index (χ0v) is 9.51. The van der Waals surface area contributed by atoms with Crippen molar-refractivity contribution in [3.05, 3.63) is 0 Å². The van der Waals surface area contributed by atoms with E-state index < -0.39 is 0 Å². The smallest absolute Gasteiger partial charge is 0.0670 e. The second-order valence-electron chi connectivity index (χ2n) is 3.52. The van der Waals surface area contributed by atoms with E-state index in [9.17, 15) is 0 Å². The topological polar surface area (TPSA) is 12.5 Å². The molecule has 0 bridgehead atoms. The van der Waals surface area contributed by atoms with Crippen LogP contribution in [0.1, 0.15) is 19.8 Å². The van der Waals surface area contributed by atoms with Crippen LogP contribution >= 0.6 is 15.9 Å². The number of rotatable bonds is 3. The number of methoxy groups -OCH3 is 1. The van der Waals surface area contributed by atoms with Crippen molar-refractivity contribution in [2.45, 2.75) is 30.7 Å². The molecule has 1 aliphatic rings. The molecule has 72 valence electrons. The van der Waals surface area contributed by atoms with Crippen molar-refractivity contribution in [1.82, 2.24) is 4.90 Å². The molecule has 0 aromatic carbocycles. The molecule has 1 unspecified atom stereocenters. The second kappa shape index (κ2) is 5.20. The Morgan fingerprint density at radius 1 is 1.50 bits per heavy atom. The Balaban J connectivity index is 2.17. The molecule has 1 atom stereocenters. The van der Waals surface area contributed by atoms with Crippen molar-refractivity contribution in [2.24, 2.45) is 0 Å². The summed E-state index contributed by atoms with van der Waals surface area (Å²) in [5, 5.41) is 0. The number of piperidine rings is 1. The van der Waals surface area contributed by atoms with Gasteiger partial charge < -0.3 is 9.64 Å². The lowest BCUT2D eigenvalue weighted by atomic mass is 10.1. The van der Waals surface area contributed by atoms with Crippen LogP contribution in [0.5, 0.6) is 0 Å². The molecular formula is C9H18BrNO. The van der Waals surface area contributed by atoms with Gasteiger partial charge >= 0.3 is 0 Å². The van der Waals surface area contributed by atoms with E-state index in [1.165, 1.54) is 25.9 Å². The van der Waals surface area contributed by atoms with E-state index >= 15 is 0 Å². The van der Waals surface area contributed by atoms with Crippen molar-refractivity contribution < 1.29 is 4.74 Å². The fourth-order valence-corrected chi connectivity index (χ4v) is 1.93. The number of halogens is 1. The molecule has 0 N–H and O–H groups in total. The number of hydrogen-bond acceptors (Lipinski definition) is 2. The van der Waals surface area contributed by atoms with Crippen LogP contribution in [0.3, 0.4) is 0 Å². The molecule has 1 aliphatic heterocycles. The predicted molar refractivity (Wildman–Crippen MR) is 54.9 cm³/mol. The Bertz CT molecular complexity index is 124. The Kier molecular flexibility index (Phi) is 4.54. The van der Waals surface area contributed by atoms with Crippen molar-refractivity contribution in [3.63, 3.8) is 0 Å². The number of ether oxygens (including phenoxy) is 1. The summed E-state index contributed by atoms with van der Waals surface area (Å²) in [6.07, 6.45) is 2.92. The summed E-state index contributed by atoms with van der Waals surface area (Å²) in [5.41, 5.74) is 0. The van der Waals surface area contributed by atoms with Gasteiger partial charge in [-0.3, -0.25) is 0 Å². The highest BCUT2D eigenvalue weighted by atomic mass is 79.9. The van der Waals surface area contributed by atoms with E-state index in [1.54, 1.807) is 7.11 Å². The average molecular weight is 236 g/mol. The first-order valence-corrected chi connectivity index (χ1v) is 5.53. The Morgan fingerprint density at radius 3 is 2.58 bits per heavy atom. The van der Waals surface area contributed by atoms with Crippen LogP contribution < -0.4 is 0 Å². The van der Waals surface area contributed by atoms with E-state index in [4.69, 9.17) is 4.74 Å². The molecule has 1 fully saturated rings. The van der Waals surface area contributed by atoms with Gasteiger partial charge in [0.15, 0.2) is 0 Å². The molecule has 0 amide bonds. The molecule has 2 nitrogen and oxygen atoms in total. The minimum Gasteiger partial charge on any atom is -0.380 e. The number of alkyl halides is 1. The highest BCUT2D eigenvalue weighted by Gasteiger charge is 2.17. The standard InChI is InChI=1S/C9H18BrNO/c1-8(12-2)7-11-5-3-9(10)4-6-11/h8-9H,3-7H2,1-2H3. The summed E-state index contributed by atoms with van der Waals surface area (Å²) in [7, 11) is 1.78. The molecule has 0 saturated carbocycles. The lowest BCUT2D eigenvalue weighted by molar-refractivity contribution is 0.0708. The zero-order valence-electron chi connectivity index (χ0n) is 7.92. The third-order valence-electron chi connectivity index (χ3n) is 2.43. The molecule has 12 heavy (non-hydrogen) atoms. The lowest BCUT2D eigenvalue weighted by Gasteiger charge is -2.30. The highest BCUT2D eigenvalue weighted by molar-refractivity contribution is 9.09. The summed E-state index contributed by atoms with van der Waals surface area (Å²) in [5.74, 6) is 0. The Hall–Kier alpha value is 0.400. The quantitative estimate of drug-likeness (QED) is 0.694. The van der Waals surface area contributed by atoms with Gasteiger partial charge in [0.1, 0.15) is 0 Å². The zero-order chi connectivity index (χ0) is 8.97. The molecule has 1 rings (SSSR count). The molecular weight excluding hydrogens is 218 g/mol. The van der Waals surface area contributed by atoms with E-state index in [-0.39, 0.29) is 0 Å². The third-order valence-corrected chi connectivity index (χ3v) is 3.35. The fraction of sp³-hybridized carbons (Fsp3) is 1.00. The van der Waals surface area contributed by atoms with E-state index in [1.807, 2.05) is 0 Å². The van der Waals surface area contributed by atoms with Gasteiger partial charge in [0.2, 0.25) is 0 Å². The van der Waals surface area contributed by atoms with Crippen molar-refractivity contribution in [1.29, 1.82) is 0 Å². The van der Waals surface area contributed by atoms with Gasteiger partial charge in [0.25, 0.3) is 0 Å². The number of hydrogen-bond donors (Lipinski definition) is 0. The molecule has 0 aliphatic carbocycles. The summed E-state index contributed by atoms with van der Waals surface area (Å²) >= 11 is 3.64. The molecule has 0 aromatic heterocycles. The first-order valence-electron chi connectivity index (χ1n) is 4.61. The highest BCUT2D eigenvalue weighted by Crippen LogP contribution is 2.17. The summed E-state index contributed by atoms with van der Waals surface area (Å²) in [6, 6.07) is 0. The van der Waals surface area contributed by atoms with Gasteiger partial charge in [-0.05, 0) is 32.9 Å². The van der Waals surface area contributed by atoms with Gasteiger partial charge in [-0.25, -0.2) is 0 Å². The Labute approximate surface area is 83.4 Å². The van der Waals surface area contributed by atoms with E-state index in [0.717, 1.165) is 11.4 Å². The first-order chi connectivity index (χ1) is 5.72. The van der Waals surface area contributed by atoms with Crippen LogP contribution in [0.2, 0.25) is 0 Å². The van der Waals surface area contributed by atoms with Crippen LogP contribution in [0, 0.1) is 0 Å². The van der Waals surface area contributed by atoms with Gasteiger partial charge in [-0.15, -0.1) is 0 Å². The van der Waals surface area contributed by atoms with Crippen molar-refractivity contribution >= 4 is 15.9 Å². The SMILES string of the molecule is COC(C)CN1CCC(Br)CC1. The van der Waals surface area contributed by atoms with Crippen LogP contribution in [0.25, 0.3) is 0 Å². The van der Waals surface area contributed by atoms with Crippen molar-refractivity contribution in [2.75, 3.05) is 26.7 Å². The summed E-state index contributed by atoms with van der Waals surface area (Å²) in [4.78, 5) is 3.22. The largest absolute Gasteiger partial charge is 0.380 e. The molecule has 3 heteroatoms. The van der Waals surface area contributed by atoms with Crippen LogP contribution in [0.4, 0.5) is 0 Å². The minimum absolute atomic E-state index is 0.372. The number of nitrogens with zero attached hydrogens (tertiary/aromatic N) is 1. The minimum atomic E-state index is 0.372. The molecule has 0 aromatic rings. The van der Waals surface area contributed by atoms with Crippen molar-refractivity contribution in [3.8, 4) is 0 Å². The van der Waals surface area contributed by atoms with E-state index in [2.05, 4.69) is 27.8 Å². The molecule has 1 saturated heterocycles. The third kappa shape index (κ3) is 3.42. The van der Waals surface area contributed by atoms with E-state index in [0.29, 0.717) is 6.10 Å². The maximum atomic E-state index is 5.23.